The Kier molecular flexibility index (Phi) is 6.01. The molecule has 0 saturated carbocycles. The summed E-state index contributed by atoms with van der Waals surface area (Å²) in [5.74, 6) is 2.42. The fourth-order valence-corrected chi connectivity index (χ4v) is 4.91. The Labute approximate surface area is 176 Å². The van der Waals surface area contributed by atoms with Gasteiger partial charge in [-0.25, -0.2) is 8.42 Å². The number of aromatic nitrogens is 1. The quantitative estimate of drug-likeness (QED) is 0.585. The van der Waals surface area contributed by atoms with E-state index in [0.717, 1.165) is 22.8 Å². The van der Waals surface area contributed by atoms with Crippen molar-refractivity contribution >= 4 is 16.1 Å². The molecule has 0 N–H and O–H groups in total. The van der Waals surface area contributed by atoms with E-state index in [1.165, 1.54) is 30.1 Å². The van der Waals surface area contributed by atoms with Gasteiger partial charge < -0.3 is 9.15 Å². The third kappa shape index (κ3) is 4.63. The van der Waals surface area contributed by atoms with E-state index in [-0.39, 0.29) is 4.90 Å². The van der Waals surface area contributed by atoms with Crippen molar-refractivity contribution < 1.29 is 17.6 Å². The Balaban J connectivity index is 1.43. The molecule has 1 saturated heterocycles. The lowest BCUT2D eigenvalue weighted by Gasteiger charge is -2.27. The van der Waals surface area contributed by atoms with Crippen molar-refractivity contribution in [2.24, 2.45) is 0 Å². The number of furan rings is 1. The van der Waals surface area contributed by atoms with E-state index in [1.807, 2.05) is 43.3 Å². The molecule has 0 bridgehead atoms. The van der Waals surface area contributed by atoms with Gasteiger partial charge in [0, 0.05) is 31.0 Å². The summed E-state index contributed by atoms with van der Waals surface area (Å²) in [6.07, 6.45) is 6.50. The summed E-state index contributed by atoms with van der Waals surface area (Å²) in [6, 6.07) is 14.8. The number of hydrogen-bond acceptors (Lipinski definition) is 5. The Hall–Kier alpha value is -2.90. The van der Waals surface area contributed by atoms with Crippen LogP contribution in [0, 0.1) is 6.92 Å². The summed E-state index contributed by atoms with van der Waals surface area (Å²) in [6.45, 7) is 3.20. The van der Waals surface area contributed by atoms with E-state index in [9.17, 15) is 8.42 Å². The lowest BCUT2D eigenvalue weighted by molar-refractivity contribution is 0.267. The van der Waals surface area contributed by atoms with Crippen LogP contribution in [0.15, 0.2) is 75.8 Å². The number of rotatable bonds is 6. The highest BCUT2D eigenvalue weighted by molar-refractivity contribution is 7.89. The molecule has 0 aliphatic carbocycles. The molecule has 6 nitrogen and oxygen atoms in total. The SMILES string of the molecule is Cc1ccc(COc2ccccc2C=C2CCN(S(=O)(=O)c3ccncc3)CC2)o1. The second-order valence-electron chi connectivity index (χ2n) is 7.23. The first-order chi connectivity index (χ1) is 14.5. The highest BCUT2D eigenvalue weighted by Crippen LogP contribution is 2.28. The number of benzene rings is 1. The minimum atomic E-state index is -3.47. The predicted molar refractivity (Wildman–Crippen MR) is 114 cm³/mol. The molecule has 1 aliphatic heterocycles. The molecule has 30 heavy (non-hydrogen) atoms. The first-order valence-electron chi connectivity index (χ1n) is 9.89. The van der Waals surface area contributed by atoms with Gasteiger partial charge in [0.2, 0.25) is 10.0 Å². The van der Waals surface area contributed by atoms with Gasteiger partial charge in [0.25, 0.3) is 0 Å². The van der Waals surface area contributed by atoms with Crippen LogP contribution in [0.4, 0.5) is 0 Å². The van der Waals surface area contributed by atoms with Crippen LogP contribution in [0.2, 0.25) is 0 Å². The maximum Gasteiger partial charge on any atom is 0.243 e. The summed E-state index contributed by atoms with van der Waals surface area (Å²) in [7, 11) is -3.47. The minimum Gasteiger partial charge on any atom is -0.485 e. The van der Waals surface area contributed by atoms with Crippen LogP contribution in [0.3, 0.4) is 0 Å². The lowest BCUT2D eigenvalue weighted by Crippen LogP contribution is -2.36. The molecule has 1 aliphatic rings. The van der Waals surface area contributed by atoms with Crippen molar-refractivity contribution in [1.29, 1.82) is 0 Å². The van der Waals surface area contributed by atoms with Crippen molar-refractivity contribution in [2.45, 2.75) is 31.3 Å². The van der Waals surface area contributed by atoms with Gasteiger partial charge in [-0.1, -0.05) is 29.8 Å². The zero-order chi connectivity index (χ0) is 21.0. The van der Waals surface area contributed by atoms with Crippen molar-refractivity contribution in [2.75, 3.05) is 13.1 Å². The van der Waals surface area contributed by atoms with Gasteiger partial charge in [-0.3, -0.25) is 4.98 Å². The van der Waals surface area contributed by atoms with Crippen molar-refractivity contribution in [1.82, 2.24) is 9.29 Å². The normalized spacial score (nSPS) is 15.2. The summed E-state index contributed by atoms with van der Waals surface area (Å²) in [4.78, 5) is 4.19. The molecule has 7 heteroatoms. The fraction of sp³-hybridized carbons (Fsp3) is 0.261. The first kappa shape index (κ1) is 20.4. The van der Waals surface area contributed by atoms with Gasteiger partial charge in [-0.2, -0.15) is 4.31 Å². The molecule has 1 fully saturated rings. The number of piperidine rings is 1. The lowest BCUT2D eigenvalue weighted by atomic mass is 10.0. The van der Waals surface area contributed by atoms with Gasteiger partial charge in [-0.15, -0.1) is 0 Å². The third-order valence-corrected chi connectivity index (χ3v) is 7.01. The maximum absolute atomic E-state index is 12.8. The maximum atomic E-state index is 12.8. The highest BCUT2D eigenvalue weighted by atomic mass is 32.2. The van der Waals surface area contributed by atoms with Gasteiger partial charge in [0.15, 0.2) is 0 Å². The second kappa shape index (κ2) is 8.85. The van der Waals surface area contributed by atoms with Crippen LogP contribution in [-0.4, -0.2) is 30.8 Å². The average molecular weight is 425 g/mol. The molecule has 0 radical (unpaired) electrons. The van der Waals surface area contributed by atoms with Crippen LogP contribution in [-0.2, 0) is 16.6 Å². The smallest absolute Gasteiger partial charge is 0.243 e. The van der Waals surface area contributed by atoms with Crippen molar-refractivity contribution in [3.63, 3.8) is 0 Å². The van der Waals surface area contributed by atoms with Gasteiger partial charge >= 0.3 is 0 Å². The molecule has 1 aromatic carbocycles. The minimum absolute atomic E-state index is 0.289. The number of aryl methyl sites for hydroxylation is 1. The number of nitrogens with zero attached hydrogens (tertiary/aromatic N) is 2. The van der Waals surface area contributed by atoms with Crippen molar-refractivity contribution in [3.05, 3.63) is 83.6 Å². The number of hydrogen-bond donors (Lipinski definition) is 0. The number of pyridine rings is 1. The molecule has 0 atom stereocenters. The van der Waals surface area contributed by atoms with Crippen LogP contribution in [0.25, 0.3) is 6.08 Å². The Morgan fingerprint density at radius 1 is 1.07 bits per heavy atom. The van der Waals surface area contributed by atoms with E-state index in [0.29, 0.717) is 32.5 Å². The molecule has 0 amide bonds. The number of para-hydroxylation sites is 1. The second-order valence-corrected chi connectivity index (χ2v) is 9.17. The third-order valence-electron chi connectivity index (χ3n) is 5.10. The molecular weight excluding hydrogens is 400 g/mol. The summed E-state index contributed by atoms with van der Waals surface area (Å²) >= 11 is 0. The van der Waals surface area contributed by atoms with E-state index in [2.05, 4.69) is 11.1 Å². The largest absolute Gasteiger partial charge is 0.485 e. The monoisotopic (exact) mass is 424 g/mol. The topological polar surface area (TPSA) is 72.6 Å². The van der Waals surface area contributed by atoms with Crippen LogP contribution in [0.5, 0.6) is 5.75 Å². The standard InChI is InChI=1S/C23H24N2O4S/c1-18-6-7-21(29-18)17-28-23-5-3-2-4-20(23)16-19-10-14-25(15-11-19)30(26,27)22-8-12-24-13-9-22/h2-9,12-13,16H,10-11,14-15,17H2,1H3. The molecule has 3 aromatic rings. The molecule has 156 valence electrons. The first-order valence-corrected chi connectivity index (χ1v) is 11.3. The molecule has 4 rings (SSSR count). The van der Waals surface area contributed by atoms with Gasteiger partial charge in [-0.05, 0) is 50.1 Å². The van der Waals surface area contributed by atoms with E-state index >= 15 is 0 Å². The zero-order valence-corrected chi connectivity index (χ0v) is 17.6. The Morgan fingerprint density at radius 3 is 2.50 bits per heavy atom. The summed E-state index contributed by atoms with van der Waals surface area (Å²) < 4.78 is 38.6. The van der Waals surface area contributed by atoms with E-state index in [1.54, 1.807) is 4.31 Å². The fourth-order valence-electron chi connectivity index (χ4n) is 3.48. The number of sulfonamides is 1. The van der Waals surface area contributed by atoms with Crippen LogP contribution < -0.4 is 4.74 Å². The van der Waals surface area contributed by atoms with Crippen LogP contribution >= 0.6 is 0 Å². The molecule has 2 aromatic heterocycles. The predicted octanol–water partition coefficient (Wildman–Crippen LogP) is 4.43. The van der Waals surface area contributed by atoms with E-state index in [4.69, 9.17) is 9.15 Å². The highest BCUT2D eigenvalue weighted by Gasteiger charge is 2.27. The van der Waals surface area contributed by atoms with Crippen molar-refractivity contribution in [3.8, 4) is 5.75 Å². The summed E-state index contributed by atoms with van der Waals surface area (Å²) in [5, 5.41) is 0. The molecular formula is C23H24N2O4S. The number of ether oxygens (including phenoxy) is 1. The summed E-state index contributed by atoms with van der Waals surface area (Å²) in [5.41, 5.74) is 2.20. The molecule has 3 heterocycles. The van der Waals surface area contributed by atoms with Gasteiger partial charge in [0.1, 0.15) is 23.9 Å². The Bertz CT molecular complexity index is 1130. The molecule has 0 spiro atoms. The van der Waals surface area contributed by atoms with Gasteiger partial charge in [0.05, 0.1) is 4.90 Å². The Morgan fingerprint density at radius 2 is 1.80 bits per heavy atom. The average Bonchev–Trinajstić information content (AvgIpc) is 3.19. The van der Waals surface area contributed by atoms with E-state index < -0.39 is 10.0 Å². The molecule has 0 unspecified atom stereocenters. The van der Waals surface area contributed by atoms with Crippen LogP contribution in [0.1, 0.15) is 29.9 Å². The zero-order valence-electron chi connectivity index (χ0n) is 16.8.